The fraction of sp³-hybridized carbons (Fsp3) is 0.143. The van der Waals surface area contributed by atoms with Gasteiger partial charge in [-0.1, -0.05) is 24.3 Å². The summed E-state index contributed by atoms with van der Waals surface area (Å²) in [5, 5.41) is 0. The molecular weight excluding hydrogens is 217 g/mol. The van der Waals surface area contributed by atoms with Gasteiger partial charge in [0.05, 0.1) is 0 Å². The van der Waals surface area contributed by atoms with E-state index in [1.165, 1.54) is 6.07 Å². The van der Waals surface area contributed by atoms with Crippen LogP contribution in [0.3, 0.4) is 0 Å². The number of hydrogen-bond acceptors (Lipinski definition) is 2. The number of hydrogen-bond donors (Lipinski definition) is 1. The lowest BCUT2D eigenvalue weighted by Crippen LogP contribution is -2.03. The summed E-state index contributed by atoms with van der Waals surface area (Å²) in [4.78, 5) is 0. The lowest BCUT2D eigenvalue weighted by Gasteiger charge is -2.11. The Kier molecular flexibility index (Phi) is 3.28. The van der Waals surface area contributed by atoms with Crippen LogP contribution < -0.4 is 10.5 Å². The minimum absolute atomic E-state index is 0.142. The molecule has 2 N–H and O–H groups in total. The van der Waals surface area contributed by atoms with Crippen molar-refractivity contribution in [2.24, 2.45) is 0 Å². The van der Waals surface area contributed by atoms with E-state index in [0.29, 0.717) is 11.3 Å². The summed E-state index contributed by atoms with van der Waals surface area (Å²) in [6.07, 6.45) is 0. The topological polar surface area (TPSA) is 35.2 Å². The van der Waals surface area contributed by atoms with Gasteiger partial charge < -0.3 is 10.5 Å². The Morgan fingerprint density at radius 1 is 1.12 bits per heavy atom. The summed E-state index contributed by atoms with van der Waals surface area (Å²) in [6, 6.07) is 12.2. The smallest absolute Gasteiger partial charge is 0.131 e. The van der Waals surface area contributed by atoms with Gasteiger partial charge in [-0.2, -0.15) is 0 Å². The molecular formula is C14H14FNO. The van der Waals surface area contributed by atoms with E-state index < -0.39 is 0 Å². The highest BCUT2D eigenvalue weighted by Crippen LogP contribution is 2.21. The second kappa shape index (κ2) is 4.87. The van der Waals surface area contributed by atoms with E-state index in [4.69, 9.17) is 10.5 Å². The van der Waals surface area contributed by atoms with Gasteiger partial charge in [-0.25, -0.2) is 4.39 Å². The zero-order chi connectivity index (χ0) is 12.3. The predicted octanol–water partition coefficient (Wildman–Crippen LogP) is 3.30. The number of halogens is 1. The van der Waals surface area contributed by atoms with Crippen LogP contribution in [0.2, 0.25) is 0 Å². The third-order valence-electron chi connectivity index (χ3n) is 2.62. The van der Waals surface area contributed by atoms with Crippen molar-refractivity contribution >= 4 is 5.69 Å². The predicted molar refractivity (Wildman–Crippen MR) is 66.3 cm³/mol. The van der Waals surface area contributed by atoms with Crippen LogP contribution in [0.4, 0.5) is 10.1 Å². The summed E-state index contributed by atoms with van der Waals surface area (Å²) >= 11 is 0. The molecule has 88 valence electrons. The van der Waals surface area contributed by atoms with Gasteiger partial charge in [-0.15, -0.1) is 0 Å². The average Bonchev–Trinajstić information content (AvgIpc) is 2.30. The van der Waals surface area contributed by atoms with Crippen LogP contribution in [-0.2, 0) is 6.61 Å². The van der Waals surface area contributed by atoms with Crippen LogP contribution in [0.25, 0.3) is 0 Å². The van der Waals surface area contributed by atoms with Gasteiger partial charge in [-0.3, -0.25) is 0 Å². The molecule has 0 radical (unpaired) electrons. The molecule has 2 rings (SSSR count). The highest BCUT2D eigenvalue weighted by Gasteiger charge is 2.07. The van der Waals surface area contributed by atoms with Crippen LogP contribution in [0.15, 0.2) is 42.5 Å². The number of nitrogen functional groups attached to an aromatic ring is 1. The van der Waals surface area contributed by atoms with Gasteiger partial charge in [0.15, 0.2) is 0 Å². The zero-order valence-electron chi connectivity index (χ0n) is 9.61. The van der Waals surface area contributed by atoms with Crippen molar-refractivity contribution in [3.8, 4) is 5.75 Å². The molecule has 2 nitrogen and oxygen atoms in total. The molecule has 0 aliphatic heterocycles. The lowest BCUT2D eigenvalue weighted by atomic mass is 10.2. The van der Waals surface area contributed by atoms with Crippen molar-refractivity contribution in [1.82, 2.24) is 0 Å². The van der Waals surface area contributed by atoms with Crippen LogP contribution in [0, 0.1) is 12.7 Å². The summed E-state index contributed by atoms with van der Waals surface area (Å²) in [5.74, 6) is 0.411. The highest BCUT2D eigenvalue weighted by molar-refractivity contribution is 5.47. The Morgan fingerprint density at radius 2 is 1.88 bits per heavy atom. The average molecular weight is 231 g/mol. The van der Waals surface area contributed by atoms with Crippen LogP contribution in [0.5, 0.6) is 5.75 Å². The van der Waals surface area contributed by atoms with E-state index in [1.54, 1.807) is 12.1 Å². The van der Waals surface area contributed by atoms with Gasteiger partial charge in [-0.05, 0) is 30.7 Å². The molecule has 0 spiro atoms. The molecule has 2 aromatic carbocycles. The number of anilines is 1. The molecule has 0 saturated heterocycles. The van der Waals surface area contributed by atoms with E-state index in [-0.39, 0.29) is 12.4 Å². The van der Waals surface area contributed by atoms with Crippen molar-refractivity contribution < 1.29 is 9.13 Å². The summed E-state index contributed by atoms with van der Waals surface area (Å²) in [5.41, 5.74) is 7.53. The van der Waals surface area contributed by atoms with Crippen LogP contribution in [-0.4, -0.2) is 0 Å². The van der Waals surface area contributed by atoms with Gasteiger partial charge in [0.1, 0.15) is 18.2 Å². The minimum Gasteiger partial charge on any atom is -0.488 e. The van der Waals surface area contributed by atoms with E-state index in [1.807, 2.05) is 31.2 Å². The Labute approximate surface area is 99.8 Å². The molecule has 0 aliphatic rings. The molecule has 2 aromatic rings. The zero-order valence-corrected chi connectivity index (χ0v) is 9.61. The molecule has 0 saturated carbocycles. The van der Waals surface area contributed by atoms with Gasteiger partial charge >= 0.3 is 0 Å². The number of benzene rings is 2. The number of para-hydroxylation sites is 1. The van der Waals surface area contributed by atoms with E-state index in [2.05, 4.69) is 0 Å². The SMILES string of the molecule is Cc1ccccc1OCc1c(N)cccc1F. The Hall–Kier alpha value is -2.03. The first-order valence-electron chi connectivity index (χ1n) is 5.40. The van der Waals surface area contributed by atoms with Crippen LogP contribution in [0.1, 0.15) is 11.1 Å². The second-order valence-corrected chi connectivity index (χ2v) is 3.86. The van der Waals surface area contributed by atoms with Gasteiger partial charge in [0, 0.05) is 11.3 Å². The summed E-state index contributed by atoms with van der Waals surface area (Å²) in [7, 11) is 0. The van der Waals surface area contributed by atoms with Gasteiger partial charge in [0.25, 0.3) is 0 Å². The van der Waals surface area contributed by atoms with Crippen molar-refractivity contribution in [2.45, 2.75) is 13.5 Å². The number of ether oxygens (including phenoxy) is 1. The highest BCUT2D eigenvalue weighted by atomic mass is 19.1. The maximum absolute atomic E-state index is 13.5. The summed E-state index contributed by atoms with van der Waals surface area (Å²) in [6.45, 7) is 2.09. The molecule has 0 aliphatic carbocycles. The third kappa shape index (κ3) is 2.56. The molecule has 0 aromatic heterocycles. The molecule has 0 heterocycles. The molecule has 3 heteroatoms. The molecule has 0 bridgehead atoms. The largest absolute Gasteiger partial charge is 0.488 e. The Bertz CT molecular complexity index is 505. The number of rotatable bonds is 3. The fourth-order valence-electron chi connectivity index (χ4n) is 1.60. The first-order chi connectivity index (χ1) is 8.18. The maximum Gasteiger partial charge on any atom is 0.131 e. The van der Waals surface area contributed by atoms with Crippen molar-refractivity contribution in [3.05, 3.63) is 59.4 Å². The first-order valence-corrected chi connectivity index (χ1v) is 5.40. The fourth-order valence-corrected chi connectivity index (χ4v) is 1.60. The second-order valence-electron chi connectivity index (χ2n) is 3.86. The van der Waals surface area contributed by atoms with Crippen molar-refractivity contribution in [2.75, 3.05) is 5.73 Å². The maximum atomic E-state index is 13.5. The molecule has 0 fully saturated rings. The molecule has 17 heavy (non-hydrogen) atoms. The summed E-state index contributed by atoms with van der Waals surface area (Å²) < 4.78 is 19.1. The lowest BCUT2D eigenvalue weighted by molar-refractivity contribution is 0.298. The molecule has 0 unspecified atom stereocenters. The Balaban J connectivity index is 2.16. The number of aryl methyl sites for hydroxylation is 1. The minimum atomic E-state index is -0.335. The quantitative estimate of drug-likeness (QED) is 0.822. The van der Waals surface area contributed by atoms with Crippen LogP contribution >= 0.6 is 0 Å². The van der Waals surface area contributed by atoms with E-state index >= 15 is 0 Å². The Morgan fingerprint density at radius 3 is 2.59 bits per heavy atom. The standard InChI is InChI=1S/C14H14FNO/c1-10-5-2-3-8-14(10)17-9-11-12(15)6-4-7-13(11)16/h2-8H,9,16H2,1H3. The van der Waals surface area contributed by atoms with Crippen molar-refractivity contribution in [3.63, 3.8) is 0 Å². The monoisotopic (exact) mass is 231 g/mol. The molecule has 0 amide bonds. The van der Waals surface area contributed by atoms with Crippen molar-refractivity contribution in [1.29, 1.82) is 0 Å². The third-order valence-corrected chi connectivity index (χ3v) is 2.62. The molecule has 0 atom stereocenters. The number of nitrogens with two attached hydrogens (primary N) is 1. The van der Waals surface area contributed by atoms with E-state index in [9.17, 15) is 4.39 Å². The van der Waals surface area contributed by atoms with E-state index in [0.717, 1.165) is 11.3 Å². The van der Waals surface area contributed by atoms with Gasteiger partial charge in [0.2, 0.25) is 0 Å². The normalized spacial score (nSPS) is 10.2. The first kappa shape index (κ1) is 11.5.